The molecule has 0 spiro atoms. The van der Waals surface area contributed by atoms with Crippen LogP contribution in [0.1, 0.15) is 37.7 Å². The van der Waals surface area contributed by atoms with Gasteiger partial charge in [0.1, 0.15) is 0 Å². The molecule has 1 aliphatic heterocycles. The molecule has 1 aliphatic carbocycles. The lowest BCUT2D eigenvalue weighted by atomic mass is 10.1. The number of benzene rings is 1. The molecule has 5 nitrogen and oxygen atoms in total. The van der Waals surface area contributed by atoms with E-state index < -0.39 is 0 Å². The summed E-state index contributed by atoms with van der Waals surface area (Å²) in [5, 5.41) is 2.98. The Labute approximate surface area is 150 Å². The first kappa shape index (κ1) is 17.9. The van der Waals surface area contributed by atoms with Crippen LogP contribution < -0.4 is 5.32 Å². The van der Waals surface area contributed by atoms with Gasteiger partial charge in [0.2, 0.25) is 11.8 Å². The van der Waals surface area contributed by atoms with E-state index in [2.05, 4.69) is 10.2 Å². The van der Waals surface area contributed by atoms with Crippen LogP contribution in [-0.2, 0) is 16.1 Å². The molecular formula is C20H29N3O2. The Hall–Kier alpha value is -1.88. The fourth-order valence-electron chi connectivity index (χ4n) is 3.84. The Morgan fingerprint density at radius 1 is 0.960 bits per heavy atom. The lowest BCUT2D eigenvalue weighted by Gasteiger charge is -2.24. The first-order valence-electron chi connectivity index (χ1n) is 9.54. The summed E-state index contributed by atoms with van der Waals surface area (Å²) in [6, 6.07) is 9.96. The molecule has 1 aromatic carbocycles. The Bertz CT molecular complexity index is 570. The topological polar surface area (TPSA) is 52.7 Å². The number of nitrogens with one attached hydrogen (secondary N) is 1. The van der Waals surface area contributed by atoms with Gasteiger partial charge in [-0.05, 0) is 24.8 Å². The molecule has 2 aliphatic rings. The lowest BCUT2D eigenvalue weighted by molar-refractivity contribution is -0.135. The van der Waals surface area contributed by atoms with Gasteiger partial charge in [0.05, 0.1) is 6.54 Å². The maximum absolute atomic E-state index is 12.6. The number of carbonyl (C=O) groups is 2. The van der Waals surface area contributed by atoms with E-state index in [1.54, 1.807) is 0 Å². The van der Waals surface area contributed by atoms with Crippen molar-refractivity contribution in [1.82, 2.24) is 15.1 Å². The monoisotopic (exact) mass is 343 g/mol. The first-order valence-corrected chi connectivity index (χ1v) is 9.54. The molecule has 1 heterocycles. The SMILES string of the molecule is O=C(CN1CCCN(C(=O)C2CCCC2)CC1)NCc1ccccc1. The molecule has 0 aromatic heterocycles. The third kappa shape index (κ3) is 5.30. The van der Waals surface area contributed by atoms with Crippen LogP contribution in [0, 0.1) is 5.92 Å². The van der Waals surface area contributed by atoms with Crippen molar-refractivity contribution < 1.29 is 9.59 Å². The normalized spacial score (nSPS) is 19.6. The average molecular weight is 343 g/mol. The largest absolute Gasteiger partial charge is 0.351 e. The van der Waals surface area contributed by atoms with Crippen molar-refractivity contribution in [2.24, 2.45) is 5.92 Å². The van der Waals surface area contributed by atoms with Gasteiger partial charge in [-0.25, -0.2) is 0 Å². The maximum Gasteiger partial charge on any atom is 0.234 e. The second kappa shape index (κ2) is 8.99. The lowest BCUT2D eigenvalue weighted by Crippen LogP contribution is -2.41. The second-order valence-corrected chi connectivity index (χ2v) is 7.20. The van der Waals surface area contributed by atoms with Gasteiger partial charge in [0, 0.05) is 38.6 Å². The summed E-state index contributed by atoms with van der Waals surface area (Å²) >= 11 is 0. The number of carbonyl (C=O) groups excluding carboxylic acids is 2. The van der Waals surface area contributed by atoms with Crippen LogP contribution in [0.4, 0.5) is 0 Å². The molecule has 1 saturated carbocycles. The third-order valence-electron chi connectivity index (χ3n) is 5.30. The van der Waals surface area contributed by atoms with Crippen molar-refractivity contribution in [3.05, 3.63) is 35.9 Å². The van der Waals surface area contributed by atoms with Gasteiger partial charge < -0.3 is 10.2 Å². The van der Waals surface area contributed by atoms with Crippen LogP contribution in [0.3, 0.4) is 0 Å². The highest BCUT2D eigenvalue weighted by molar-refractivity contribution is 5.79. The van der Waals surface area contributed by atoms with Crippen LogP contribution in [0.25, 0.3) is 0 Å². The van der Waals surface area contributed by atoms with Crippen LogP contribution in [-0.4, -0.2) is 54.3 Å². The number of nitrogens with zero attached hydrogens (tertiary/aromatic N) is 2. The molecule has 1 saturated heterocycles. The van der Waals surface area contributed by atoms with Gasteiger partial charge in [0.25, 0.3) is 0 Å². The molecule has 136 valence electrons. The molecule has 0 unspecified atom stereocenters. The molecule has 2 amide bonds. The molecule has 0 bridgehead atoms. The minimum Gasteiger partial charge on any atom is -0.351 e. The molecule has 1 aromatic rings. The number of hydrogen-bond acceptors (Lipinski definition) is 3. The van der Waals surface area contributed by atoms with Gasteiger partial charge in [0.15, 0.2) is 0 Å². The predicted octanol–water partition coefficient (Wildman–Crippen LogP) is 2.03. The molecule has 2 fully saturated rings. The minimum atomic E-state index is 0.0550. The van der Waals surface area contributed by atoms with Crippen molar-refractivity contribution in [2.45, 2.75) is 38.6 Å². The highest BCUT2D eigenvalue weighted by Gasteiger charge is 2.28. The Morgan fingerprint density at radius 3 is 2.48 bits per heavy atom. The number of hydrogen-bond donors (Lipinski definition) is 1. The van der Waals surface area contributed by atoms with E-state index in [1.807, 2.05) is 35.2 Å². The highest BCUT2D eigenvalue weighted by Crippen LogP contribution is 2.26. The number of amides is 2. The smallest absolute Gasteiger partial charge is 0.234 e. The van der Waals surface area contributed by atoms with E-state index in [9.17, 15) is 9.59 Å². The van der Waals surface area contributed by atoms with E-state index in [-0.39, 0.29) is 11.8 Å². The zero-order chi connectivity index (χ0) is 17.5. The average Bonchev–Trinajstić information content (AvgIpc) is 3.08. The van der Waals surface area contributed by atoms with Gasteiger partial charge in [-0.1, -0.05) is 43.2 Å². The van der Waals surface area contributed by atoms with Crippen LogP contribution in [0.5, 0.6) is 0 Å². The fraction of sp³-hybridized carbons (Fsp3) is 0.600. The number of rotatable bonds is 5. The summed E-state index contributed by atoms with van der Waals surface area (Å²) in [6.07, 6.45) is 5.45. The summed E-state index contributed by atoms with van der Waals surface area (Å²) in [6.45, 7) is 4.24. The Morgan fingerprint density at radius 2 is 1.72 bits per heavy atom. The highest BCUT2D eigenvalue weighted by atomic mass is 16.2. The summed E-state index contributed by atoms with van der Waals surface area (Å²) in [5.41, 5.74) is 1.11. The van der Waals surface area contributed by atoms with Gasteiger partial charge in [-0.15, -0.1) is 0 Å². The van der Waals surface area contributed by atoms with Gasteiger partial charge in [-0.2, -0.15) is 0 Å². The van der Waals surface area contributed by atoms with E-state index in [0.29, 0.717) is 19.0 Å². The van der Waals surface area contributed by atoms with Crippen molar-refractivity contribution in [2.75, 3.05) is 32.7 Å². The minimum absolute atomic E-state index is 0.0550. The fourth-order valence-corrected chi connectivity index (χ4v) is 3.84. The van der Waals surface area contributed by atoms with Crippen molar-refractivity contribution in [3.8, 4) is 0 Å². The van der Waals surface area contributed by atoms with Crippen molar-refractivity contribution >= 4 is 11.8 Å². The summed E-state index contributed by atoms with van der Waals surface area (Å²) in [7, 11) is 0. The molecule has 0 atom stereocenters. The van der Waals surface area contributed by atoms with Crippen LogP contribution in [0.15, 0.2) is 30.3 Å². The van der Waals surface area contributed by atoms with E-state index in [4.69, 9.17) is 0 Å². The zero-order valence-corrected chi connectivity index (χ0v) is 15.0. The molecule has 5 heteroatoms. The maximum atomic E-state index is 12.6. The zero-order valence-electron chi connectivity index (χ0n) is 15.0. The van der Waals surface area contributed by atoms with Crippen LogP contribution in [0.2, 0.25) is 0 Å². The van der Waals surface area contributed by atoms with Crippen LogP contribution >= 0.6 is 0 Å². The van der Waals surface area contributed by atoms with Crippen molar-refractivity contribution in [3.63, 3.8) is 0 Å². The van der Waals surface area contributed by atoms with E-state index >= 15 is 0 Å². The van der Waals surface area contributed by atoms with E-state index in [0.717, 1.165) is 51.0 Å². The first-order chi connectivity index (χ1) is 12.2. The summed E-state index contributed by atoms with van der Waals surface area (Å²) in [4.78, 5) is 29.0. The molecular weight excluding hydrogens is 314 g/mol. The van der Waals surface area contributed by atoms with Gasteiger partial charge >= 0.3 is 0 Å². The standard InChI is InChI=1S/C20H29N3O2/c24-19(21-15-17-7-2-1-3-8-17)16-22-11-6-12-23(14-13-22)20(25)18-9-4-5-10-18/h1-3,7-8,18H,4-6,9-16H2,(H,21,24). The summed E-state index contributed by atoms with van der Waals surface area (Å²) < 4.78 is 0. The summed E-state index contributed by atoms with van der Waals surface area (Å²) in [5.74, 6) is 0.646. The Balaban J connectivity index is 1.41. The van der Waals surface area contributed by atoms with Gasteiger partial charge in [-0.3, -0.25) is 14.5 Å². The quantitative estimate of drug-likeness (QED) is 0.890. The Kier molecular flexibility index (Phi) is 6.45. The molecule has 3 rings (SSSR count). The predicted molar refractivity (Wildman–Crippen MR) is 97.9 cm³/mol. The van der Waals surface area contributed by atoms with E-state index in [1.165, 1.54) is 12.8 Å². The molecule has 25 heavy (non-hydrogen) atoms. The molecule has 1 N–H and O–H groups in total. The second-order valence-electron chi connectivity index (χ2n) is 7.20. The third-order valence-corrected chi connectivity index (χ3v) is 5.30. The van der Waals surface area contributed by atoms with Crippen molar-refractivity contribution in [1.29, 1.82) is 0 Å². The molecule has 0 radical (unpaired) electrons.